The summed E-state index contributed by atoms with van der Waals surface area (Å²) < 4.78 is 5.07. The first-order valence-corrected chi connectivity index (χ1v) is 6.51. The van der Waals surface area contributed by atoms with Crippen molar-refractivity contribution in [2.45, 2.75) is 25.7 Å². The number of amides is 1. The lowest BCUT2D eigenvalue weighted by molar-refractivity contribution is 0.0953. The van der Waals surface area contributed by atoms with Crippen LogP contribution in [0.15, 0.2) is 18.2 Å². The Kier molecular flexibility index (Phi) is 6.74. The Hall–Kier alpha value is -1.75. The predicted octanol–water partition coefficient (Wildman–Crippen LogP) is 1.56. The number of carbonyl (C=O) groups excluding carboxylic acids is 1. The molecule has 0 heterocycles. The summed E-state index contributed by atoms with van der Waals surface area (Å²) >= 11 is 0. The molecule has 0 aromatic heterocycles. The molecule has 0 aliphatic carbocycles. The molecule has 0 aliphatic rings. The number of aliphatic hydroxyl groups excluding tert-OH is 1. The molecule has 106 valence electrons. The number of rotatable bonds is 8. The van der Waals surface area contributed by atoms with E-state index in [0.717, 1.165) is 25.7 Å². The van der Waals surface area contributed by atoms with E-state index in [1.165, 1.54) is 0 Å². The topological polar surface area (TPSA) is 84.6 Å². The van der Waals surface area contributed by atoms with E-state index in [-0.39, 0.29) is 12.5 Å². The Balaban J connectivity index is 2.40. The number of nitrogens with one attached hydrogen (secondary N) is 1. The molecule has 1 amide bonds. The Morgan fingerprint density at radius 3 is 2.74 bits per heavy atom. The summed E-state index contributed by atoms with van der Waals surface area (Å²) in [4.78, 5) is 11.9. The number of anilines is 1. The zero-order valence-corrected chi connectivity index (χ0v) is 11.3. The van der Waals surface area contributed by atoms with Crippen LogP contribution in [0.25, 0.3) is 0 Å². The van der Waals surface area contributed by atoms with Gasteiger partial charge < -0.3 is 20.9 Å². The van der Waals surface area contributed by atoms with E-state index in [0.29, 0.717) is 23.5 Å². The number of benzene rings is 1. The molecule has 0 radical (unpaired) electrons. The second kappa shape index (κ2) is 8.37. The average Bonchev–Trinajstić information content (AvgIpc) is 2.43. The molecule has 0 atom stereocenters. The zero-order chi connectivity index (χ0) is 14.1. The molecule has 1 rings (SSSR count). The molecule has 0 fully saturated rings. The van der Waals surface area contributed by atoms with Gasteiger partial charge in [0.05, 0.1) is 12.7 Å². The minimum Gasteiger partial charge on any atom is -0.497 e. The minimum absolute atomic E-state index is 0.182. The second-order valence-electron chi connectivity index (χ2n) is 4.35. The lowest BCUT2D eigenvalue weighted by Crippen LogP contribution is -2.25. The van der Waals surface area contributed by atoms with Crippen molar-refractivity contribution in [2.75, 3.05) is 26.0 Å². The van der Waals surface area contributed by atoms with Crippen molar-refractivity contribution in [1.29, 1.82) is 0 Å². The molecular formula is C14H22N2O3. The Morgan fingerprint density at radius 1 is 1.32 bits per heavy atom. The second-order valence-corrected chi connectivity index (χ2v) is 4.35. The van der Waals surface area contributed by atoms with E-state index in [9.17, 15) is 4.79 Å². The third-order valence-electron chi connectivity index (χ3n) is 2.88. The Morgan fingerprint density at radius 2 is 2.05 bits per heavy atom. The summed E-state index contributed by atoms with van der Waals surface area (Å²) in [7, 11) is 1.55. The van der Waals surface area contributed by atoms with Gasteiger partial charge >= 0.3 is 0 Å². The lowest BCUT2D eigenvalue weighted by atomic mass is 10.1. The Labute approximate surface area is 113 Å². The summed E-state index contributed by atoms with van der Waals surface area (Å²) in [6, 6.07) is 5.02. The first-order valence-electron chi connectivity index (χ1n) is 6.51. The monoisotopic (exact) mass is 266 g/mol. The smallest absolute Gasteiger partial charge is 0.253 e. The van der Waals surface area contributed by atoms with E-state index in [2.05, 4.69) is 5.32 Å². The van der Waals surface area contributed by atoms with Crippen LogP contribution in [0, 0.1) is 0 Å². The largest absolute Gasteiger partial charge is 0.497 e. The van der Waals surface area contributed by atoms with E-state index in [1.54, 1.807) is 25.3 Å². The van der Waals surface area contributed by atoms with Crippen LogP contribution in [-0.4, -0.2) is 31.3 Å². The molecule has 1 aromatic carbocycles. The van der Waals surface area contributed by atoms with Crippen molar-refractivity contribution in [3.8, 4) is 5.75 Å². The van der Waals surface area contributed by atoms with Gasteiger partial charge in [-0.2, -0.15) is 0 Å². The van der Waals surface area contributed by atoms with Crippen molar-refractivity contribution >= 4 is 11.6 Å². The van der Waals surface area contributed by atoms with Crippen LogP contribution in [-0.2, 0) is 0 Å². The van der Waals surface area contributed by atoms with Crippen LogP contribution in [0.5, 0.6) is 5.75 Å². The Bertz CT molecular complexity index is 408. The molecule has 4 N–H and O–H groups in total. The molecule has 0 spiro atoms. The van der Waals surface area contributed by atoms with Crippen molar-refractivity contribution in [3.63, 3.8) is 0 Å². The number of hydrogen-bond donors (Lipinski definition) is 3. The number of carbonyl (C=O) groups is 1. The summed E-state index contributed by atoms with van der Waals surface area (Å²) in [5, 5.41) is 11.5. The number of hydrogen-bond acceptors (Lipinski definition) is 4. The summed E-state index contributed by atoms with van der Waals surface area (Å²) in [5.74, 6) is 0.431. The van der Waals surface area contributed by atoms with Gasteiger partial charge in [0.15, 0.2) is 0 Å². The number of nitrogens with two attached hydrogens (primary N) is 1. The van der Waals surface area contributed by atoms with Gasteiger partial charge in [-0.05, 0) is 31.0 Å². The number of unbranched alkanes of at least 4 members (excludes halogenated alkanes) is 3. The summed E-state index contributed by atoms with van der Waals surface area (Å²) in [5.41, 5.74) is 6.65. The van der Waals surface area contributed by atoms with Crippen LogP contribution in [0.2, 0.25) is 0 Å². The molecule has 19 heavy (non-hydrogen) atoms. The maximum absolute atomic E-state index is 11.9. The van der Waals surface area contributed by atoms with Gasteiger partial charge in [0.2, 0.25) is 0 Å². The third kappa shape index (κ3) is 5.18. The predicted molar refractivity (Wildman–Crippen MR) is 75.3 cm³/mol. The number of nitrogen functional groups attached to an aromatic ring is 1. The molecular weight excluding hydrogens is 244 g/mol. The lowest BCUT2D eigenvalue weighted by Gasteiger charge is -2.09. The van der Waals surface area contributed by atoms with Gasteiger partial charge in [0, 0.05) is 18.8 Å². The molecule has 5 heteroatoms. The van der Waals surface area contributed by atoms with Crippen LogP contribution in [0.4, 0.5) is 5.69 Å². The van der Waals surface area contributed by atoms with E-state index < -0.39 is 0 Å². The van der Waals surface area contributed by atoms with Crippen molar-refractivity contribution in [2.24, 2.45) is 0 Å². The van der Waals surface area contributed by atoms with Crippen molar-refractivity contribution in [3.05, 3.63) is 23.8 Å². The van der Waals surface area contributed by atoms with Crippen LogP contribution in [0.3, 0.4) is 0 Å². The quantitative estimate of drug-likeness (QED) is 0.492. The van der Waals surface area contributed by atoms with Gasteiger partial charge in [-0.15, -0.1) is 0 Å². The van der Waals surface area contributed by atoms with E-state index in [1.807, 2.05) is 0 Å². The molecule has 0 saturated heterocycles. The van der Waals surface area contributed by atoms with Crippen LogP contribution in [0.1, 0.15) is 36.0 Å². The minimum atomic E-state index is -0.182. The van der Waals surface area contributed by atoms with Gasteiger partial charge in [0.1, 0.15) is 5.75 Å². The standard InChI is InChI=1S/C14H22N2O3/c1-19-11-6-7-13(15)12(10-11)14(18)16-8-4-2-3-5-9-17/h6-7,10,17H,2-5,8-9,15H2,1H3,(H,16,18). The fourth-order valence-electron chi connectivity index (χ4n) is 1.75. The van der Waals surface area contributed by atoms with Gasteiger partial charge in [-0.1, -0.05) is 12.8 Å². The molecule has 0 unspecified atom stereocenters. The van der Waals surface area contributed by atoms with E-state index >= 15 is 0 Å². The first-order chi connectivity index (χ1) is 9.19. The number of methoxy groups -OCH3 is 1. The summed E-state index contributed by atoms with van der Waals surface area (Å²) in [6.45, 7) is 0.841. The number of ether oxygens (including phenoxy) is 1. The van der Waals surface area contributed by atoms with E-state index in [4.69, 9.17) is 15.6 Å². The summed E-state index contributed by atoms with van der Waals surface area (Å²) in [6.07, 6.45) is 3.69. The van der Waals surface area contributed by atoms with Crippen LogP contribution < -0.4 is 15.8 Å². The highest BCUT2D eigenvalue weighted by Crippen LogP contribution is 2.19. The fourth-order valence-corrected chi connectivity index (χ4v) is 1.75. The first kappa shape index (κ1) is 15.3. The molecule has 5 nitrogen and oxygen atoms in total. The SMILES string of the molecule is COc1ccc(N)c(C(=O)NCCCCCCO)c1. The van der Waals surface area contributed by atoms with Crippen molar-refractivity contribution in [1.82, 2.24) is 5.32 Å². The van der Waals surface area contributed by atoms with Gasteiger partial charge in [0.25, 0.3) is 5.91 Å². The maximum Gasteiger partial charge on any atom is 0.253 e. The average molecular weight is 266 g/mol. The van der Waals surface area contributed by atoms with Crippen molar-refractivity contribution < 1.29 is 14.6 Å². The highest BCUT2D eigenvalue weighted by Gasteiger charge is 2.10. The maximum atomic E-state index is 11.9. The number of aliphatic hydroxyl groups is 1. The highest BCUT2D eigenvalue weighted by molar-refractivity contribution is 5.99. The van der Waals surface area contributed by atoms with Crippen LogP contribution >= 0.6 is 0 Å². The third-order valence-corrected chi connectivity index (χ3v) is 2.88. The van der Waals surface area contributed by atoms with Gasteiger partial charge in [-0.3, -0.25) is 4.79 Å². The highest BCUT2D eigenvalue weighted by atomic mass is 16.5. The molecule has 0 aliphatic heterocycles. The zero-order valence-electron chi connectivity index (χ0n) is 11.3. The van der Waals surface area contributed by atoms with Gasteiger partial charge in [-0.25, -0.2) is 0 Å². The molecule has 0 bridgehead atoms. The molecule has 0 saturated carbocycles. The normalized spacial score (nSPS) is 10.2. The fraction of sp³-hybridized carbons (Fsp3) is 0.500. The molecule has 1 aromatic rings.